The second-order valence-electron chi connectivity index (χ2n) is 7.96. The standard InChI is InChI=1S/C27H21BrN2O6/c1-16-3-5-17(6-4-16)15-36-23-12-7-18(14-22(23)28)13-21-24(31)29-27(34)30(25(21)32)20-10-8-19(9-11-20)26(33)35-2/h3-14H,15H2,1-2H3,(H,29,31,34)/b21-13+. The number of hydrogen-bond donors (Lipinski definition) is 1. The summed E-state index contributed by atoms with van der Waals surface area (Å²) >= 11 is 3.47. The Morgan fingerprint density at radius 3 is 2.33 bits per heavy atom. The van der Waals surface area contributed by atoms with Crippen LogP contribution in [0.4, 0.5) is 10.5 Å². The van der Waals surface area contributed by atoms with Gasteiger partial charge in [0.1, 0.15) is 17.9 Å². The molecule has 9 heteroatoms. The number of amides is 4. The van der Waals surface area contributed by atoms with E-state index < -0.39 is 23.8 Å². The SMILES string of the molecule is COC(=O)c1ccc(N2C(=O)NC(=O)/C(=C\c3ccc(OCc4ccc(C)cc4)c(Br)c3)C2=O)cc1. The van der Waals surface area contributed by atoms with Crippen molar-refractivity contribution in [2.45, 2.75) is 13.5 Å². The topological polar surface area (TPSA) is 102 Å². The van der Waals surface area contributed by atoms with Crippen molar-refractivity contribution in [1.82, 2.24) is 5.32 Å². The molecule has 1 heterocycles. The number of aryl methyl sites for hydroxylation is 1. The molecule has 36 heavy (non-hydrogen) atoms. The van der Waals surface area contributed by atoms with Crippen molar-refractivity contribution >= 4 is 51.5 Å². The molecular formula is C27H21BrN2O6. The maximum atomic E-state index is 13.1. The lowest BCUT2D eigenvalue weighted by atomic mass is 10.1. The second-order valence-corrected chi connectivity index (χ2v) is 8.81. The van der Waals surface area contributed by atoms with Crippen molar-refractivity contribution in [3.05, 3.63) is 99.0 Å². The van der Waals surface area contributed by atoms with Gasteiger partial charge in [0.05, 0.1) is 22.8 Å². The van der Waals surface area contributed by atoms with Crippen molar-refractivity contribution in [2.24, 2.45) is 0 Å². The van der Waals surface area contributed by atoms with E-state index in [4.69, 9.17) is 4.74 Å². The van der Waals surface area contributed by atoms with E-state index in [1.54, 1.807) is 18.2 Å². The van der Waals surface area contributed by atoms with Crippen LogP contribution < -0.4 is 15.0 Å². The van der Waals surface area contributed by atoms with Gasteiger partial charge < -0.3 is 9.47 Å². The van der Waals surface area contributed by atoms with E-state index in [1.165, 1.54) is 37.5 Å². The lowest BCUT2D eigenvalue weighted by Gasteiger charge is -2.26. The average molecular weight is 549 g/mol. The first-order valence-electron chi connectivity index (χ1n) is 10.8. The normalized spacial score (nSPS) is 14.6. The Hall–Kier alpha value is -4.24. The van der Waals surface area contributed by atoms with E-state index in [2.05, 4.69) is 26.0 Å². The number of halogens is 1. The Bertz CT molecular complexity index is 1380. The fraction of sp³-hybridized carbons (Fsp3) is 0.111. The highest BCUT2D eigenvalue weighted by molar-refractivity contribution is 9.10. The highest BCUT2D eigenvalue weighted by Crippen LogP contribution is 2.29. The number of anilines is 1. The molecule has 4 amide bonds. The largest absolute Gasteiger partial charge is 0.488 e. The first-order chi connectivity index (χ1) is 17.3. The van der Waals surface area contributed by atoms with Crippen LogP contribution in [0.5, 0.6) is 5.75 Å². The molecule has 0 radical (unpaired) electrons. The Kier molecular flexibility index (Phi) is 7.30. The molecule has 182 valence electrons. The van der Waals surface area contributed by atoms with Crippen molar-refractivity contribution in [3.63, 3.8) is 0 Å². The number of esters is 1. The molecule has 0 saturated carbocycles. The van der Waals surface area contributed by atoms with Crippen LogP contribution in [0.25, 0.3) is 6.08 Å². The summed E-state index contributed by atoms with van der Waals surface area (Å²) in [7, 11) is 1.25. The molecule has 1 saturated heterocycles. The predicted molar refractivity (Wildman–Crippen MR) is 136 cm³/mol. The highest BCUT2D eigenvalue weighted by Gasteiger charge is 2.36. The molecule has 0 aliphatic carbocycles. The van der Waals surface area contributed by atoms with Gasteiger partial charge in [-0.1, -0.05) is 35.9 Å². The smallest absolute Gasteiger partial charge is 0.337 e. The van der Waals surface area contributed by atoms with Gasteiger partial charge in [0.25, 0.3) is 11.8 Å². The van der Waals surface area contributed by atoms with Crippen LogP contribution in [0, 0.1) is 6.92 Å². The summed E-state index contributed by atoms with van der Waals surface area (Å²) < 4.78 is 11.2. The number of nitrogens with one attached hydrogen (secondary N) is 1. The number of carbonyl (C=O) groups excluding carboxylic acids is 4. The summed E-state index contributed by atoms with van der Waals surface area (Å²) in [6, 6.07) is 18.0. The highest BCUT2D eigenvalue weighted by atomic mass is 79.9. The van der Waals surface area contributed by atoms with Gasteiger partial charge in [-0.3, -0.25) is 14.9 Å². The number of urea groups is 1. The number of rotatable bonds is 6. The summed E-state index contributed by atoms with van der Waals surface area (Å²) in [5.41, 5.74) is 2.98. The number of carbonyl (C=O) groups is 4. The first kappa shape index (κ1) is 24.9. The maximum Gasteiger partial charge on any atom is 0.337 e. The summed E-state index contributed by atoms with van der Waals surface area (Å²) in [6.07, 6.45) is 1.40. The van der Waals surface area contributed by atoms with E-state index in [-0.39, 0.29) is 16.8 Å². The summed E-state index contributed by atoms with van der Waals surface area (Å²) in [5.74, 6) is -1.54. The van der Waals surface area contributed by atoms with Crippen LogP contribution in [-0.2, 0) is 20.9 Å². The number of methoxy groups -OCH3 is 1. The predicted octanol–water partition coefficient (Wildman–Crippen LogP) is 4.79. The lowest BCUT2D eigenvalue weighted by Crippen LogP contribution is -2.54. The zero-order valence-corrected chi connectivity index (χ0v) is 21.0. The van der Waals surface area contributed by atoms with Crippen LogP contribution in [0.2, 0.25) is 0 Å². The van der Waals surface area contributed by atoms with Crippen LogP contribution in [0.15, 0.2) is 76.8 Å². The Morgan fingerprint density at radius 1 is 1.00 bits per heavy atom. The zero-order chi connectivity index (χ0) is 25.8. The summed E-state index contributed by atoms with van der Waals surface area (Å²) in [6.45, 7) is 2.40. The van der Waals surface area contributed by atoms with Crippen molar-refractivity contribution < 1.29 is 28.7 Å². The second kappa shape index (κ2) is 10.6. The maximum absolute atomic E-state index is 13.1. The van der Waals surface area contributed by atoms with Crippen molar-refractivity contribution in [1.29, 1.82) is 0 Å². The van der Waals surface area contributed by atoms with Gasteiger partial charge in [-0.15, -0.1) is 0 Å². The fourth-order valence-corrected chi connectivity index (χ4v) is 4.00. The number of barbiturate groups is 1. The fourth-order valence-electron chi connectivity index (χ4n) is 3.49. The van der Waals surface area contributed by atoms with E-state index >= 15 is 0 Å². The van der Waals surface area contributed by atoms with Gasteiger partial charge in [0.15, 0.2) is 0 Å². The summed E-state index contributed by atoms with van der Waals surface area (Å²) in [4.78, 5) is 50.5. The molecule has 0 unspecified atom stereocenters. The van der Waals surface area contributed by atoms with E-state index in [0.29, 0.717) is 22.4 Å². The quantitative estimate of drug-likeness (QED) is 0.270. The van der Waals surface area contributed by atoms with Gasteiger partial charge in [-0.25, -0.2) is 14.5 Å². The molecule has 0 spiro atoms. The van der Waals surface area contributed by atoms with E-state index in [9.17, 15) is 19.2 Å². The molecule has 1 N–H and O–H groups in total. The molecule has 1 aliphatic rings. The van der Waals surface area contributed by atoms with Gasteiger partial charge in [-0.2, -0.15) is 0 Å². The Balaban J connectivity index is 1.54. The van der Waals surface area contributed by atoms with Crippen LogP contribution >= 0.6 is 15.9 Å². The third kappa shape index (κ3) is 5.36. The molecule has 1 aliphatic heterocycles. The van der Waals surface area contributed by atoms with E-state index in [0.717, 1.165) is 16.0 Å². The van der Waals surface area contributed by atoms with Crippen molar-refractivity contribution in [2.75, 3.05) is 12.0 Å². The van der Waals surface area contributed by atoms with Gasteiger partial charge >= 0.3 is 12.0 Å². The van der Waals surface area contributed by atoms with Crippen LogP contribution in [0.1, 0.15) is 27.0 Å². The number of ether oxygens (including phenoxy) is 2. The lowest BCUT2D eigenvalue weighted by molar-refractivity contribution is -0.122. The van der Waals surface area contributed by atoms with Gasteiger partial charge in [-0.05, 0) is 76.5 Å². The number of nitrogens with zero attached hydrogens (tertiary/aromatic N) is 1. The third-order valence-electron chi connectivity index (χ3n) is 5.43. The first-order valence-corrected chi connectivity index (χ1v) is 11.6. The van der Waals surface area contributed by atoms with Gasteiger partial charge in [0.2, 0.25) is 0 Å². The molecule has 0 aromatic heterocycles. The minimum absolute atomic E-state index is 0.199. The molecule has 3 aromatic carbocycles. The Labute approximate surface area is 215 Å². The summed E-state index contributed by atoms with van der Waals surface area (Å²) in [5, 5.41) is 2.18. The molecule has 8 nitrogen and oxygen atoms in total. The van der Waals surface area contributed by atoms with Crippen molar-refractivity contribution in [3.8, 4) is 5.75 Å². The van der Waals surface area contributed by atoms with Crippen LogP contribution in [-0.4, -0.2) is 30.9 Å². The minimum Gasteiger partial charge on any atom is -0.488 e. The Morgan fingerprint density at radius 2 is 1.69 bits per heavy atom. The van der Waals surface area contributed by atoms with Gasteiger partial charge in [0, 0.05) is 0 Å². The van der Waals surface area contributed by atoms with Crippen LogP contribution in [0.3, 0.4) is 0 Å². The monoisotopic (exact) mass is 548 g/mol. The minimum atomic E-state index is -0.881. The molecule has 4 rings (SSSR count). The number of imide groups is 2. The number of hydrogen-bond acceptors (Lipinski definition) is 6. The average Bonchev–Trinajstić information content (AvgIpc) is 2.87. The van der Waals surface area contributed by atoms with E-state index in [1.807, 2.05) is 31.2 Å². The third-order valence-corrected chi connectivity index (χ3v) is 6.05. The zero-order valence-electron chi connectivity index (χ0n) is 19.4. The molecule has 0 bridgehead atoms. The molecule has 3 aromatic rings. The molecule has 1 fully saturated rings. The molecular weight excluding hydrogens is 528 g/mol. The number of benzene rings is 3. The molecule has 0 atom stereocenters.